The second-order valence-electron chi connectivity index (χ2n) is 7.44. The summed E-state index contributed by atoms with van der Waals surface area (Å²) in [7, 11) is 3.49. The lowest BCUT2D eigenvalue weighted by molar-refractivity contribution is -0.192. The Labute approximate surface area is 171 Å². The summed E-state index contributed by atoms with van der Waals surface area (Å²) in [6, 6.07) is 1.96. The minimum Gasteiger partial charge on any atom is -0.475 e. The highest BCUT2D eigenvalue weighted by Gasteiger charge is 2.47. The van der Waals surface area contributed by atoms with E-state index in [-0.39, 0.29) is 5.91 Å². The maximum Gasteiger partial charge on any atom is 0.490 e. The number of amides is 1. The molecule has 0 saturated carbocycles. The normalized spacial score (nSPS) is 23.7. The van der Waals surface area contributed by atoms with E-state index in [0.717, 1.165) is 23.9 Å². The van der Waals surface area contributed by atoms with Crippen molar-refractivity contribution in [3.05, 3.63) is 17.5 Å². The molecule has 0 bridgehead atoms. The number of aliphatic carboxylic acids is 1. The molecule has 30 heavy (non-hydrogen) atoms. The number of hydrogen-bond donors (Lipinski definition) is 1. The van der Waals surface area contributed by atoms with E-state index in [4.69, 9.17) is 19.4 Å². The summed E-state index contributed by atoms with van der Waals surface area (Å²) >= 11 is 0. The van der Waals surface area contributed by atoms with Crippen molar-refractivity contribution in [2.75, 3.05) is 45.3 Å². The monoisotopic (exact) mass is 434 g/mol. The van der Waals surface area contributed by atoms with Crippen LogP contribution in [0.5, 0.6) is 0 Å². The van der Waals surface area contributed by atoms with E-state index in [1.165, 1.54) is 0 Å². The summed E-state index contributed by atoms with van der Waals surface area (Å²) < 4.78 is 43.5. The number of anilines is 1. The van der Waals surface area contributed by atoms with Crippen molar-refractivity contribution in [2.45, 2.75) is 38.1 Å². The van der Waals surface area contributed by atoms with Crippen molar-refractivity contribution in [3.8, 4) is 0 Å². The number of aromatic nitrogens is 2. The first-order valence-electron chi connectivity index (χ1n) is 9.17. The molecule has 2 fully saturated rings. The number of carboxylic acids is 1. The molecule has 3 heterocycles. The molecule has 2 aliphatic rings. The molecular formula is C18H25F3N4O5. The van der Waals surface area contributed by atoms with Crippen LogP contribution in [0.4, 0.5) is 19.1 Å². The van der Waals surface area contributed by atoms with Gasteiger partial charge in [0.1, 0.15) is 11.7 Å². The van der Waals surface area contributed by atoms with Crippen LogP contribution in [0, 0.1) is 13.8 Å². The zero-order valence-corrected chi connectivity index (χ0v) is 17.2. The molecule has 1 spiro atoms. The van der Waals surface area contributed by atoms with Gasteiger partial charge in [0.15, 0.2) is 0 Å². The van der Waals surface area contributed by atoms with Gasteiger partial charge in [-0.15, -0.1) is 0 Å². The molecule has 1 N–H and O–H groups in total. The standard InChI is InChI=1S/C16H24N4O3.C2HF3O2/c1-11-7-12(2)18-15(17-11)20-5-6-23-16(9-20)8-13(22-10-16)14(21)19(3)4;3-2(4,5)1(6)7/h7,13H,5-6,8-10H2,1-4H3;(H,6,7). The Morgan fingerprint density at radius 2 is 1.83 bits per heavy atom. The van der Waals surface area contributed by atoms with Crippen LogP contribution in [0.2, 0.25) is 0 Å². The molecule has 0 radical (unpaired) electrons. The number of ether oxygens (including phenoxy) is 2. The average molecular weight is 434 g/mol. The van der Waals surface area contributed by atoms with Crippen LogP contribution in [0.15, 0.2) is 6.07 Å². The van der Waals surface area contributed by atoms with Crippen molar-refractivity contribution < 1.29 is 37.3 Å². The van der Waals surface area contributed by atoms with Gasteiger partial charge in [-0.25, -0.2) is 14.8 Å². The van der Waals surface area contributed by atoms with Crippen LogP contribution in [0.3, 0.4) is 0 Å². The van der Waals surface area contributed by atoms with E-state index >= 15 is 0 Å². The zero-order chi connectivity index (χ0) is 22.7. The van der Waals surface area contributed by atoms with Crippen LogP contribution in [0.25, 0.3) is 0 Å². The first-order valence-corrected chi connectivity index (χ1v) is 9.17. The predicted octanol–water partition coefficient (Wildman–Crippen LogP) is 1.18. The number of carbonyl (C=O) groups excluding carboxylic acids is 1. The Hall–Kier alpha value is -2.47. The lowest BCUT2D eigenvalue weighted by atomic mass is 9.97. The molecule has 0 aromatic carbocycles. The molecule has 168 valence electrons. The quantitative estimate of drug-likeness (QED) is 0.740. The second kappa shape index (κ2) is 9.13. The van der Waals surface area contributed by atoms with Crippen LogP contribution in [0.1, 0.15) is 17.8 Å². The number of morpholine rings is 1. The number of hydrogen-bond acceptors (Lipinski definition) is 7. The van der Waals surface area contributed by atoms with Crippen LogP contribution < -0.4 is 4.90 Å². The summed E-state index contributed by atoms with van der Waals surface area (Å²) in [6.07, 6.45) is -4.93. The SMILES string of the molecule is Cc1cc(C)nc(N2CCOC3(COC(C(=O)N(C)C)C3)C2)n1.O=C(O)C(F)(F)F. The minimum absolute atomic E-state index is 0.00903. The van der Waals surface area contributed by atoms with Gasteiger partial charge in [0.05, 0.1) is 19.8 Å². The average Bonchev–Trinajstić information content (AvgIpc) is 3.03. The van der Waals surface area contributed by atoms with Gasteiger partial charge >= 0.3 is 12.1 Å². The molecule has 0 aliphatic carbocycles. The second-order valence-corrected chi connectivity index (χ2v) is 7.44. The first-order chi connectivity index (χ1) is 13.8. The number of nitrogens with zero attached hydrogens (tertiary/aromatic N) is 4. The molecule has 2 unspecified atom stereocenters. The highest BCUT2D eigenvalue weighted by molar-refractivity contribution is 5.80. The van der Waals surface area contributed by atoms with Gasteiger partial charge in [-0.3, -0.25) is 4.79 Å². The molecule has 1 aromatic heterocycles. The first kappa shape index (κ1) is 23.8. The number of carbonyl (C=O) groups is 2. The zero-order valence-electron chi connectivity index (χ0n) is 17.2. The maximum atomic E-state index is 12.1. The van der Waals surface area contributed by atoms with Crippen molar-refractivity contribution in [1.29, 1.82) is 0 Å². The number of aryl methyl sites for hydroxylation is 2. The van der Waals surface area contributed by atoms with Gasteiger partial charge in [0.25, 0.3) is 5.91 Å². The summed E-state index contributed by atoms with van der Waals surface area (Å²) in [4.78, 5) is 33.8. The van der Waals surface area contributed by atoms with E-state index in [1.54, 1.807) is 19.0 Å². The highest BCUT2D eigenvalue weighted by Crippen LogP contribution is 2.33. The van der Waals surface area contributed by atoms with Gasteiger partial charge in [-0.1, -0.05) is 0 Å². The highest BCUT2D eigenvalue weighted by atomic mass is 19.4. The third-order valence-corrected chi connectivity index (χ3v) is 4.57. The van der Waals surface area contributed by atoms with Crippen LogP contribution in [-0.2, 0) is 19.1 Å². The third kappa shape index (κ3) is 6.02. The molecule has 2 aliphatic heterocycles. The fourth-order valence-corrected chi connectivity index (χ4v) is 3.23. The van der Waals surface area contributed by atoms with E-state index in [1.807, 2.05) is 19.9 Å². The topological polar surface area (TPSA) is 105 Å². The van der Waals surface area contributed by atoms with Crippen molar-refractivity contribution in [3.63, 3.8) is 0 Å². The summed E-state index contributed by atoms with van der Waals surface area (Å²) in [5.74, 6) is -2.04. The largest absolute Gasteiger partial charge is 0.490 e. The van der Waals surface area contributed by atoms with Gasteiger partial charge < -0.3 is 24.4 Å². The van der Waals surface area contributed by atoms with E-state index < -0.39 is 23.9 Å². The van der Waals surface area contributed by atoms with Crippen molar-refractivity contribution in [1.82, 2.24) is 14.9 Å². The molecule has 2 saturated heterocycles. The Morgan fingerprint density at radius 1 is 1.27 bits per heavy atom. The lowest BCUT2D eigenvalue weighted by Crippen LogP contribution is -2.53. The number of halogens is 3. The molecule has 2 atom stereocenters. The molecule has 1 amide bonds. The van der Waals surface area contributed by atoms with Gasteiger partial charge in [0.2, 0.25) is 5.95 Å². The number of rotatable bonds is 2. The Morgan fingerprint density at radius 3 is 2.33 bits per heavy atom. The summed E-state index contributed by atoms with van der Waals surface area (Å²) in [5, 5.41) is 7.12. The fraction of sp³-hybridized carbons (Fsp3) is 0.667. The summed E-state index contributed by atoms with van der Waals surface area (Å²) in [6.45, 7) is 6.35. The van der Waals surface area contributed by atoms with E-state index in [0.29, 0.717) is 26.2 Å². The van der Waals surface area contributed by atoms with Crippen molar-refractivity contribution >= 4 is 17.8 Å². The Kier molecular flexibility index (Phi) is 7.24. The summed E-state index contributed by atoms with van der Waals surface area (Å²) in [5.41, 5.74) is 1.46. The van der Waals surface area contributed by atoms with E-state index in [2.05, 4.69) is 14.9 Å². The smallest absolute Gasteiger partial charge is 0.475 e. The Balaban J connectivity index is 0.000000396. The number of alkyl halides is 3. The van der Waals surface area contributed by atoms with Crippen molar-refractivity contribution in [2.24, 2.45) is 0 Å². The Bertz CT molecular complexity index is 769. The third-order valence-electron chi connectivity index (χ3n) is 4.57. The van der Waals surface area contributed by atoms with Crippen LogP contribution >= 0.6 is 0 Å². The molecule has 9 nitrogen and oxygen atoms in total. The van der Waals surface area contributed by atoms with Crippen LogP contribution in [-0.4, -0.2) is 90.1 Å². The number of likely N-dealkylation sites (N-methyl/N-ethyl adjacent to an activating group) is 1. The van der Waals surface area contributed by atoms with Gasteiger partial charge in [0, 0.05) is 38.4 Å². The number of carboxylic acid groups (broad SMARTS) is 1. The minimum atomic E-state index is -5.08. The molecular weight excluding hydrogens is 409 g/mol. The molecule has 12 heteroatoms. The predicted molar refractivity (Wildman–Crippen MR) is 99.1 cm³/mol. The van der Waals surface area contributed by atoms with E-state index in [9.17, 15) is 18.0 Å². The van der Waals surface area contributed by atoms with Gasteiger partial charge in [-0.05, 0) is 19.9 Å². The van der Waals surface area contributed by atoms with Gasteiger partial charge in [-0.2, -0.15) is 13.2 Å². The lowest BCUT2D eigenvalue weighted by Gasteiger charge is -2.39. The maximum absolute atomic E-state index is 12.1. The molecule has 1 aromatic rings. The fourth-order valence-electron chi connectivity index (χ4n) is 3.23. The molecule has 3 rings (SSSR count).